The van der Waals surface area contributed by atoms with E-state index in [9.17, 15) is 22.8 Å². The maximum absolute atomic E-state index is 13.8. The average Bonchev–Trinajstić information content (AvgIpc) is 3.16. The zero-order valence-corrected chi connectivity index (χ0v) is 20.5. The van der Waals surface area contributed by atoms with Gasteiger partial charge in [-0.2, -0.15) is 13.2 Å². The number of nitrogens with zero attached hydrogens (tertiary/aromatic N) is 1. The Balaban J connectivity index is 1.77. The van der Waals surface area contributed by atoms with Crippen LogP contribution in [0.25, 0.3) is 11.0 Å². The third-order valence-corrected chi connectivity index (χ3v) is 6.58. The van der Waals surface area contributed by atoms with Crippen LogP contribution in [0.3, 0.4) is 0 Å². The van der Waals surface area contributed by atoms with Gasteiger partial charge in [0.25, 0.3) is 5.91 Å². The number of hydrogen-bond acceptors (Lipinski definition) is 4. The number of alkyl halides is 3. The molecule has 1 atom stereocenters. The molecule has 5 rings (SSSR count). The molecule has 0 aliphatic carbocycles. The highest BCUT2D eigenvalue weighted by Gasteiger charge is 2.44. The number of amides is 1. The van der Waals surface area contributed by atoms with E-state index < -0.39 is 29.1 Å². The Morgan fingerprint density at radius 3 is 2.43 bits per heavy atom. The van der Waals surface area contributed by atoms with E-state index >= 15 is 0 Å². The lowest BCUT2D eigenvalue weighted by atomic mass is 9.97. The highest BCUT2D eigenvalue weighted by Crippen LogP contribution is 2.43. The van der Waals surface area contributed by atoms with E-state index in [-0.39, 0.29) is 22.6 Å². The lowest BCUT2D eigenvalue weighted by Crippen LogP contribution is -2.29. The minimum absolute atomic E-state index is 0.00641. The van der Waals surface area contributed by atoms with Crippen LogP contribution in [0.4, 0.5) is 18.9 Å². The van der Waals surface area contributed by atoms with Crippen molar-refractivity contribution >= 4 is 22.6 Å². The van der Waals surface area contributed by atoms with Crippen LogP contribution in [0.15, 0.2) is 69.9 Å². The standard InChI is InChI=1S/C29H24F3NO4/c1-4-11-36-21-10-5-7-18(14-21)25-24-26(34)22-12-16(2)17(3)13-23(22)37-27(24)28(35)33(25)20-9-6-8-19(15-20)29(30,31)32/h5-10,12-15,25H,4,11H2,1-3H3. The summed E-state index contributed by atoms with van der Waals surface area (Å²) in [6.45, 7) is 6.16. The van der Waals surface area contributed by atoms with Crippen molar-refractivity contribution < 1.29 is 27.1 Å². The Hall–Kier alpha value is -4.07. The maximum Gasteiger partial charge on any atom is 0.416 e. The Labute approximate surface area is 211 Å². The SMILES string of the molecule is CCCOc1cccc(C2c3c(oc4cc(C)c(C)cc4c3=O)C(=O)N2c2cccc(C(F)(F)F)c2)c1. The molecule has 1 aliphatic rings. The molecule has 0 saturated carbocycles. The number of aryl methyl sites for hydroxylation is 2. The second-order valence-corrected chi connectivity index (χ2v) is 9.15. The monoisotopic (exact) mass is 507 g/mol. The van der Waals surface area contributed by atoms with Crippen LogP contribution in [0, 0.1) is 13.8 Å². The molecule has 37 heavy (non-hydrogen) atoms. The number of ether oxygens (including phenoxy) is 1. The van der Waals surface area contributed by atoms with Gasteiger partial charge in [0.2, 0.25) is 5.76 Å². The van der Waals surface area contributed by atoms with Crippen molar-refractivity contribution in [2.45, 2.75) is 39.4 Å². The number of carbonyl (C=O) groups excluding carboxylic acids is 1. The van der Waals surface area contributed by atoms with Crippen LogP contribution in [0.1, 0.15) is 57.8 Å². The smallest absolute Gasteiger partial charge is 0.416 e. The zero-order valence-electron chi connectivity index (χ0n) is 20.5. The van der Waals surface area contributed by atoms with Crippen LogP contribution in [-0.2, 0) is 6.18 Å². The molecule has 190 valence electrons. The number of fused-ring (bicyclic) bond motifs is 2. The molecule has 0 bridgehead atoms. The summed E-state index contributed by atoms with van der Waals surface area (Å²) in [6, 6.07) is 13.8. The van der Waals surface area contributed by atoms with Crippen LogP contribution in [-0.4, -0.2) is 12.5 Å². The maximum atomic E-state index is 13.8. The second kappa shape index (κ2) is 9.10. The molecule has 0 radical (unpaired) electrons. The van der Waals surface area contributed by atoms with E-state index in [4.69, 9.17) is 9.15 Å². The average molecular weight is 508 g/mol. The summed E-state index contributed by atoms with van der Waals surface area (Å²) < 4.78 is 52.4. The summed E-state index contributed by atoms with van der Waals surface area (Å²) in [4.78, 5) is 28.7. The molecule has 2 heterocycles. The molecule has 3 aromatic carbocycles. The van der Waals surface area contributed by atoms with Gasteiger partial charge in [0.1, 0.15) is 11.3 Å². The van der Waals surface area contributed by atoms with E-state index in [0.717, 1.165) is 29.7 Å². The third-order valence-electron chi connectivity index (χ3n) is 6.58. The summed E-state index contributed by atoms with van der Waals surface area (Å²) in [7, 11) is 0. The highest BCUT2D eigenvalue weighted by atomic mass is 19.4. The van der Waals surface area contributed by atoms with Gasteiger partial charge < -0.3 is 9.15 Å². The first-order valence-corrected chi connectivity index (χ1v) is 11.9. The topological polar surface area (TPSA) is 59.8 Å². The Bertz CT molecular complexity index is 1590. The van der Waals surface area contributed by atoms with Crippen molar-refractivity contribution in [3.63, 3.8) is 0 Å². The van der Waals surface area contributed by atoms with Crippen molar-refractivity contribution in [3.05, 3.63) is 104 Å². The lowest BCUT2D eigenvalue weighted by molar-refractivity contribution is -0.137. The van der Waals surface area contributed by atoms with Gasteiger partial charge in [-0.15, -0.1) is 0 Å². The molecule has 0 fully saturated rings. The van der Waals surface area contributed by atoms with Gasteiger partial charge in [0, 0.05) is 5.69 Å². The normalized spacial score (nSPS) is 15.4. The van der Waals surface area contributed by atoms with Gasteiger partial charge in [-0.3, -0.25) is 14.5 Å². The van der Waals surface area contributed by atoms with E-state index in [0.29, 0.717) is 23.3 Å². The Morgan fingerprint density at radius 1 is 0.973 bits per heavy atom. The Morgan fingerprint density at radius 2 is 1.70 bits per heavy atom. The number of anilines is 1. The fourth-order valence-corrected chi connectivity index (χ4v) is 4.64. The highest BCUT2D eigenvalue weighted by molar-refractivity contribution is 6.10. The molecule has 5 nitrogen and oxygen atoms in total. The number of rotatable bonds is 5. The van der Waals surface area contributed by atoms with Crippen molar-refractivity contribution in [2.24, 2.45) is 0 Å². The summed E-state index contributed by atoms with van der Waals surface area (Å²) in [5, 5.41) is 0.309. The lowest BCUT2D eigenvalue weighted by Gasteiger charge is -2.26. The molecule has 4 aromatic rings. The zero-order chi connectivity index (χ0) is 26.5. The van der Waals surface area contributed by atoms with Crippen molar-refractivity contribution in [1.29, 1.82) is 0 Å². The summed E-state index contributed by atoms with van der Waals surface area (Å²) in [6.07, 6.45) is -3.83. The van der Waals surface area contributed by atoms with Crippen LogP contribution in [0.5, 0.6) is 5.75 Å². The molecule has 1 aromatic heterocycles. The number of halogens is 3. The van der Waals surface area contributed by atoms with E-state index in [1.165, 1.54) is 17.0 Å². The molecule has 0 spiro atoms. The van der Waals surface area contributed by atoms with Crippen molar-refractivity contribution in [3.8, 4) is 5.75 Å². The van der Waals surface area contributed by atoms with Gasteiger partial charge in [-0.1, -0.05) is 25.1 Å². The quantitative estimate of drug-likeness (QED) is 0.293. The predicted octanol–water partition coefficient (Wildman–Crippen LogP) is 6.97. The van der Waals surface area contributed by atoms with Gasteiger partial charge in [-0.25, -0.2) is 0 Å². The van der Waals surface area contributed by atoms with Gasteiger partial charge in [0.05, 0.1) is 29.2 Å². The minimum atomic E-state index is -4.60. The summed E-state index contributed by atoms with van der Waals surface area (Å²) in [5.74, 6) is -0.333. The van der Waals surface area contributed by atoms with Crippen LogP contribution < -0.4 is 15.1 Å². The van der Waals surface area contributed by atoms with Crippen LogP contribution >= 0.6 is 0 Å². The van der Waals surface area contributed by atoms with Gasteiger partial charge in [0.15, 0.2) is 5.43 Å². The number of carbonyl (C=O) groups is 1. The molecule has 0 saturated heterocycles. The fraction of sp³-hybridized carbons (Fsp3) is 0.241. The first-order chi connectivity index (χ1) is 17.6. The molecular formula is C29H24F3NO4. The second-order valence-electron chi connectivity index (χ2n) is 9.15. The Kier molecular flexibility index (Phi) is 6.06. The third kappa shape index (κ3) is 4.26. The molecule has 8 heteroatoms. The van der Waals surface area contributed by atoms with Gasteiger partial charge in [-0.05, 0) is 79.4 Å². The molecule has 1 aliphatic heterocycles. The molecule has 1 unspecified atom stereocenters. The fourth-order valence-electron chi connectivity index (χ4n) is 4.64. The largest absolute Gasteiger partial charge is 0.494 e. The van der Waals surface area contributed by atoms with E-state index in [1.54, 1.807) is 36.4 Å². The van der Waals surface area contributed by atoms with Crippen LogP contribution in [0.2, 0.25) is 0 Å². The number of hydrogen-bond donors (Lipinski definition) is 0. The summed E-state index contributed by atoms with van der Waals surface area (Å²) >= 11 is 0. The van der Waals surface area contributed by atoms with E-state index in [2.05, 4.69) is 0 Å². The van der Waals surface area contributed by atoms with E-state index in [1.807, 2.05) is 20.8 Å². The minimum Gasteiger partial charge on any atom is -0.494 e. The van der Waals surface area contributed by atoms with Gasteiger partial charge >= 0.3 is 6.18 Å². The molecule has 0 N–H and O–H groups in total. The first kappa shape index (κ1) is 24.6. The van der Waals surface area contributed by atoms with Crippen molar-refractivity contribution in [2.75, 3.05) is 11.5 Å². The summed E-state index contributed by atoms with van der Waals surface area (Å²) in [5.41, 5.74) is 1.34. The first-order valence-electron chi connectivity index (χ1n) is 11.9. The molecule has 1 amide bonds. The van der Waals surface area contributed by atoms with Crippen molar-refractivity contribution in [1.82, 2.24) is 0 Å². The predicted molar refractivity (Wildman–Crippen MR) is 134 cm³/mol. The molecular weight excluding hydrogens is 483 g/mol. The number of benzene rings is 3.